The summed E-state index contributed by atoms with van der Waals surface area (Å²) in [7, 11) is 0. The van der Waals surface area contributed by atoms with Crippen molar-refractivity contribution in [1.82, 2.24) is 9.78 Å². The molecule has 1 aliphatic heterocycles. The Morgan fingerprint density at radius 1 is 0.938 bits per heavy atom. The molecule has 5 rings (SSSR count). The monoisotopic (exact) mass is 420 g/mol. The van der Waals surface area contributed by atoms with E-state index in [4.69, 9.17) is 4.99 Å². The summed E-state index contributed by atoms with van der Waals surface area (Å²) in [6.07, 6.45) is 3.85. The van der Waals surface area contributed by atoms with Crippen molar-refractivity contribution in [3.8, 4) is 5.69 Å². The number of carbonyl (C=O) groups excluding carboxylic acids is 1. The second kappa shape index (κ2) is 7.61. The van der Waals surface area contributed by atoms with Gasteiger partial charge in [0.1, 0.15) is 0 Å². The highest BCUT2D eigenvalue weighted by atomic mass is 16.1. The van der Waals surface area contributed by atoms with Crippen LogP contribution in [0.25, 0.3) is 5.69 Å². The average molecular weight is 421 g/mol. The Kier molecular flexibility index (Phi) is 4.74. The second-order valence-corrected chi connectivity index (χ2v) is 8.59. The third-order valence-corrected chi connectivity index (χ3v) is 6.04. The van der Waals surface area contributed by atoms with Crippen LogP contribution in [-0.2, 0) is 5.41 Å². The number of aromatic nitrogens is 2. The average Bonchev–Trinajstić information content (AvgIpc) is 3.38. The Bertz CT molecular complexity index is 1350. The molecule has 158 valence electrons. The van der Waals surface area contributed by atoms with Crippen LogP contribution in [0.2, 0.25) is 0 Å². The highest BCUT2D eigenvalue weighted by Crippen LogP contribution is 2.41. The fraction of sp³-hybridized carbons (Fsp3) is 0.148. The zero-order valence-electron chi connectivity index (χ0n) is 18.3. The minimum Gasteiger partial charge on any atom is -0.322 e. The summed E-state index contributed by atoms with van der Waals surface area (Å²) < 4.78 is 1.82. The molecule has 32 heavy (non-hydrogen) atoms. The molecule has 0 radical (unpaired) electrons. The number of rotatable bonds is 4. The van der Waals surface area contributed by atoms with Gasteiger partial charge in [0.25, 0.3) is 5.91 Å². The van der Waals surface area contributed by atoms with E-state index in [1.807, 2.05) is 78.6 Å². The van der Waals surface area contributed by atoms with Gasteiger partial charge in [-0.05, 0) is 54.4 Å². The van der Waals surface area contributed by atoms with E-state index < -0.39 is 0 Å². The van der Waals surface area contributed by atoms with Crippen LogP contribution in [0, 0.1) is 6.92 Å². The molecule has 0 spiro atoms. The Balaban J connectivity index is 1.36. The van der Waals surface area contributed by atoms with Crippen LogP contribution < -0.4 is 5.32 Å². The van der Waals surface area contributed by atoms with Crippen molar-refractivity contribution >= 4 is 23.0 Å². The number of aryl methyl sites for hydroxylation is 1. The first-order valence-corrected chi connectivity index (χ1v) is 10.6. The lowest BCUT2D eigenvalue weighted by molar-refractivity contribution is 0.102. The minimum atomic E-state index is -0.179. The molecule has 2 heterocycles. The first kappa shape index (κ1) is 19.9. The van der Waals surface area contributed by atoms with Crippen molar-refractivity contribution in [2.45, 2.75) is 26.2 Å². The Labute approximate surface area is 187 Å². The van der Waals surface area contributed by atoms with Gasteiger partial charge >= 0.3 is 0 Å². The number of nitrogens with zero attached hydrogens (tertiary/aromatic N) is 3. The van der Waals surface area contributed by atoms with Crippen LogP contribution in [0.4, 0.5) is 11.4 Å². The van der Waals surface area contributed by atoms with E-state index >= 15 is 0 Å². The molecule has 0 saturated carbocycles. The molecular formula is C27H24N4O. The van der Waals surface area contributed by atoms with Crippen LogP contribution >= 0.6 is 0 Å². The molecule has 5 heteroatoms. The zero-order chi connectivity index (χ0) is 22.3. The summed E-state index contributed by atoms with van der Waals surface area (Å²) in [6.45, 7) is 6.36. The van der Waals surface area contributed by atoms with Crippen molar-refractivity contribution in [3.05, 3.63) is 107 Å². The van der Waals surface area contributed by atoms with Gasteiger partial charge in [-0.2, -0.15) is 5.10 Å². The van der Waals surface area contributed by atoms with E-state index in [0.717, 1.165) is 33.9 Å². The lowest BCUT2D eigenvalue weighted by Crippen LogP contribution is -2.26. The Hall–Kier alpha value is -3.99. The van der Waals surface area contributed by atoms with E-state index in [1.165, 1.54) is 5.56 Å². The summed E-state index contributed by atoms with van der Waals surface area (Å²) in [5, 5.41) is 7.52. The Morgan fingerprint density at radius 3 is 2.41 bits per heavy atom. The van der Waals surface area contributed by atoms with Gasteiger partial charge in [0.15, 0.2) is 0 Å². The molecule has 1 aliphatic rings. The molecule has 3 aromatic carbocycles. The van der Waals surface area contributed by atoms with Crippen molar-refractivity contribution in [1.29, 1.82) is 0 Å². The summed E-state index contributed by atoms with van der Waals surface area (Å²) in [5.74, 6) is -0.133. The third kappa shape index (κ3) is 3.42. The predicted molar refractivity (Wildman–Crippen MR) is 128 cm³/mol. The second-order valence-electron chi connectivity index (χ2n) is 8.59. The van der Waals surface area contributed by atoms with Crippen LogP contribution in [0.1, 0.15) is 40.9 Å². The molecule has 0 fully saturated rings. The normalized spacial score (nSPS) is 14.0. The molecule has 1 amide bonds. The molecule has 0 bridgehead atoms. The minimum absolute atomic E-state index is 0.133. The van der Waals surface area contributed by atoms with E-state index in [1.54, 1.807) is 0 Å². The van der Waals surface area contributed by atoms with Gasteiger partial charge in [-0.25, -0.2) is 4.68 Å². The number of fused-ring (bicyclic) bond motifs is 1. The van der Waals surface area contributed by atoms with E-state index in [9.17, 15) is 4.79 Å². The van der Waals surface area contributed by atoms with Crippen molar-refractivity contribution in [2.75, 3.05) is 5.32 Å². The van der Waals surface area contributed by atoms with E-state index in [2.05, 4.69) is 42.5 Å². The predicted octanol–water partition coefficient (Wildman–Crippen LogP) is 5.85. The smallest absolute Gasteiger partial charge is 0.255 e. The number of aliphatic imine (C=N–C) groups is 1. The van der Waals surface area contributed by atoms with Crippen LogP contribution in [-0.4, -0.2) is 21.4 Å². The molecule has 5 nitrogen and oxygen atoms in total. The van der Waals surface area contributed by atoms with Gasteiger partial charge in [0, 0.05) is 28.4 Å². The van der Waals surface area contributed by atoms with Crippen LogP contribution in [0.15, 0.2) is 90.2 Å². The van der Waals surface area contributed by atoms with Gasteiger partial charge < -0.3 is 5.32 Å². The fourth-order valence-corrected chi connectivity index (χ4v) is 4.17. The Morgan fingerprint density at radius 2 is 1.66 bits per heavy atom. The van der Waals surface area contributed by atoms with Crippen LogP contribution in [0.5, 0.6) is 0 Å². The van der Waals surface area contributed by atoms with E-state index in [0.29, 0.717) is 5.56 Å². The summed E-state index contributed by atoms with van der Waals surface area (Å²) in [5.41, 5.74) is 7.41. The zero-order valence-corrected chi connectivity index (χ0v) is 18.3. The van der Waals surface area contributed by atoms with Crippen molar-refractivity contribution < 1.29 is 4.79 Å². The number of carbonyl (C=O) groups is 1. The van der Waals surface area contributed by atoms with Gasteiger partial charge in [-0.3, -0.25) is 9.79 Å². The van der Waals surface area contributed by atoms with Crippen molar-refractivity contribution in [3.63, 3.8) is 0 Å². The summed E-state index contributed by atoms with van der Waals surface area (Å²) in [4.78, 5) is 17.5. The number of hydrogen-bond donors (Lipinski definition) is 1. The lowest BCUT2D eigenvalue weighted by Gasteiger charge is -2.21. The molecular weight excluding hydrogens is 396 g/mol. The topological polar surface area (TPSA) is 59.3 Å². The van der Waals surface area contributed by atoms with Crippen molar-refractivity contribution in [2.24, 2.45) is 4.99 Å². The standard InChI is InChI=1S/C27H24N4O/c1-18-8-4-6-10-23(18)30-26(32)19-12-14-21(15-13-19)31-17-20(16-28-31)25-27(2,3)22-9-5-7-11-24(22)29-25/h4-17H,1-3H3,(H,30,32). The maximum Gasteiger partial charge on any atom is 0.255 e. The molecule has 0 atom stereocenters. The number of nitrogens with one attached hydrogen (secondary N) is 1. The first-order valence-electron chi connectivity index (χ1n) is 10.6. The lowest BCUT2D eigenvalue weighted by atomic mass is 9.80. The van der Waals surface area contributed by atoms with Gasteiger partial charge in [-0.15, -0.1) is 0 Å². The molecule has 1 N–H and O–H groups in total. The highest BCUT2D eigenvalue weighted by Gasteiger charge is 2.36. The molecule has 1 aromatic heterocycles. The molecule has 0 unspecified atom stereocenters. The number of amides is 1. The van der Waals surface area contributed by atoms with Gasteiger partial charge in [-0.1, -0.05) is 50.2 Å². The largest absolute Gasteiger partial charge is 0.322 e. The quantitative estimate of drug-likeness (QED) is 0.450. The maximum absolute atomic E-state index is 12.6. The number of anilines is 1. The summed E-state index contributed by atoms with van der Waals surface area (Å²) in [6, 6.07) is 23.4. The third-order valence-electron chi connectivity index (χ3n) is 6.04. The molecule has 4 aromatic rings. The first-order chi connectivity index (χ1) is 15.4. The molecule has 0 saturated heterocycles. The summed E-state index contributed by atoms with van der Waals surface area (Å²) >= 11 is 0. The highest BCUT2D eigenvalue weighted by molar-refractivity contribution is 6.12. The number of para-hydroxylation sites is 2. The SMILES string of the molecule is Cc1ccccc1NC(=O)c1ccc(-n2cc(C3=Nc4ccccc4C3(C)C)cn2)cc1. The van der Waals surface area contributed by atoms with Crippen LogP contribution in [0.3, 0.4) is 0 Å². The molecule has 0 aliphatic carbocycles. The fourth-order valence-electron chi connectivity index (χ4n) is 4.17. The number of benzene rings is 3. The maximum atomic E-state index is 12.6. The number of hydrogen-bond acceptors (Lipinski definition) is 3. The van der Waals surface area contributed by atoms with Gasteiger partial charge in [0.2, 0.25) is 0 Å². The van der Waals surface area contributed by atoms with Gasteiger partial charge in [0.05, 0.1) is 23.3 Å². The van der Waals surface area contributed by atoms with E-state index in [-0.39, 0.29) is 11.3 Å².